The molecule has 2 N–H and O–H groups in total. The van der Waals surface area contributed by atoms with Gasteiger partial charge in [-0.25, -0.2) is 0 Å². The van der Waals surface area contributed by atoms with Gasteiger partial charge in [0.15, 0.2) is 0 Å². The van der Waals surface area contributed by atoms with Gasteiger partial charge in [-0.1, -0.05) is 0 Å². The fourth-order valence-corrected chi connectivity index (χ4v) is 2.95. The minimum absolute atomic E-state index is 0.157. The van der Waals surface area contributed by atoms with Crippen molar-refractivity contribution < 1.29 is 9.53 Å². The van der Waals surface area contributed by atoms with Crippen LogP contribution in [0, 0.1) is 6.92 Å². The lowest BCUT2D eigenvalue weighted by molar-refractivity contribution is -0.143. The number of nitrogens with zero attached hydrogens (tertiary/aromatic N) is 2. The van der Waals surface area contributed by atoms with E-state index in [4.69, 9.17) is 10.5 Å². The van der Waals surface area contributed by atoms with Crippen LogP contribution in [-0.2, 0) is 22.5 Å². The first-order valence-electron chi connectivity index (χ1n) is 7.09. The average Bonchev–Trinajstić information content (AvgIpc) is 2.74. The van der Waals surface area contributed by atoms with E-state index in [1.807, 2.05) is 18.5 Å². The molecule has 1 aromatic rings. The lowest BCUT2D eigenvalue weighted by atomic mass is 9.85. The van der Waals surface area contributed by atoms with Crippen molar-refractivity contribution in [1.82, 2.24) is 9.78 Å². The fraction of sp³-hybridized carbons (Fsp3) is 0.714. The zero-order valence-electron chi connectivity index (χ0n) is 11.8. The van der Waals surface area contributed by atoms with E-state index in [0.29, 0.717) is 32.0 Å². The number of fused-ring (bicyclic) bond motifs is 1. The van der Waals surface area contributed by atoms with E-state index in [1.54, 1.807) is 0 Å². The van der Waals surface area contributed by atoms with E-state index in [1.165, 1.54) is 11.3 Å². The Kier molecular flexibility index (Phi) is 4.58. The third-order valence-electron chi connectivity index (χ3n) is 3.77. The maximum atomic E-state index is 11.4. The second-order valence-corrected chi connectivity index (χ2v) is 5.05. The maximum Gasteiger partial charge on any atom is 0.307 e. The summed E-state index contributed by atoms with van der Waals surface area (Å²) in [6.07, 6.45) is 3.72. The van der Waals surface area contributed by atoms with E-state index in [-0.39, 0.29) is 5.97 Å². The number of carbonyl (C=O) groups is 1. The van der Waals surface area contributed by atoms with Crippen molar-refractivity contribution in [2.75, 3.05) is 13.2 Å². The Bertz CT molecular complexity index is 454. The molecule has 1 aliphatic carbocycles. The van der Waals surface area contributed by atoms with Gasteiger partial charge >= 0.3 is 5.97 Å². The van der Waals surface area contributed by atoms with Crippen LogP contribution in [0.1, 0.15) is 49.1 Å². The molecule has 1 heterocycles. The van der Waals surface area contributed by atoms with Crippen molar-refractivity contribution in [3.63, 3.8) is 0 Å². The van der Waals surface area contributed by atoms with Gasteiger partial charge in [0, 0.05) is 11.3 Å². The Morgan fingerprint density at radius 1 is 1.58 bits per heavy atom. The number of aryl methyl sites for hydroxylation is 2. The van der Waals surface area contributed by atoms with E-state index in [2.05, 4.69) is 5.10 Å². The Balaban J connectivity index is 2.12. The number of carbonyl (C=O) groups excluding carboxylic acids is 1. The highest BCUT2D eigenvalue weighted by molar-refractivity contribution is 5.69. The molecule has 0 fully saturated rings. The van der Waals surface area contributed by atoms with Crippen LogP contribution < -0.4 is 5.73 Å². The Hall–Kier alpha value is -1.36. The predicted octanol–water partition coefficient (Wildman–Crippen LogP) is 1.52. The topological polar surface area (TPSA) is 70.1 Å². The largest absolute Gasteiger partial charge is 0.466 e. The van der Waals surface area contributed by atoms with E-state index in [9.17, 15) is 4.79 Å². The van der Waals surface area contributed by atoms with Gasteiger partial charge in [-0.15, -0.1) is 0 Å². The van der Waals surface area contributed by atoms with Crippen molar-refractivity contribution in [3.8, 4) is 0 Å². The third kappa shape index (κ3) is 2.97. The van der Waals surface area contributed by atoms with Gasteiger partial charge in [0.2, 0.25) is 0 Å². The molecule has 1 atom stereocenters. The second-order valence-electron chi connectivity index (χ2n) is 5.05. The summed E-state index contributed by atoms with van der Waals surface area (Å²) in [5, 5.41) is 4.58. The molecule has 5 heteroatoms. The molecule has 19 heavy (non-hydrogen) atoms. The predicted molar refractivity (Wildman–Crippen MR) is 72.9 cm³/mol. The highest BCUT2D eigenvalue weighted by atomic mass is 16.5. The smallest absolute Gasteiger partial charge is 0.307 e. The number of aromatic nitrogens is 2. The third-order valence-corrected chi connectivity index (χ3v) is 3.77. The van der Waals surface area contributed by atoms with Gasteiger partial charge in [0.05, 0.1) is 25.3 Å². The number of ether oxygens (including phenoxy) is 1. The highest BCUT2D eigenvalue weighted by Crippen LogP contribution is 2.33. The molecule has 0 saturated carbocycles. The van der Waals surface area contributed by atoms with Crippen LogP contribution in [0.25, 0.3) is 0 Å². The first-order chi connectivity index (χ1) is 9.17. The molecule has 5 nitrogen and oxygen atoms in total. The van der Waals surface area contributed by atoms with Gasteiger partial charge < -0.3 is 10.5 Å². The summed E-state index contributed by atoms with van der Waals surface area (Å²) in [7, 11) is 0. The summed E-state index contributed by atoms with van der Waals surface area (Å²) < 4.78 is 6.93. The van der Waals surface area contributed by atoms with Crippen LogP contribution in [-0.4, -0.2) is 28.9 Å². The zero-order valence-corrected chi connectivity index (χ0v) is 11.8. The number of hydrogen-bond donors (Lipinski definition) is 1. The number of hydrogen-bond acceptors (Lipinski definition) is 4. The van der Waals surface area contributed by atoms with Crippen molar-refractivity contribution in [2.24, 2.45) is 5.73 Å². The molecule has 0 aliphatic heterocycles. The quantitative estimate of drug-likeness (QED) is 0.820. The minimum Gasteiger partial charge on any atom is -0.466 e. The van der Waals surface area contributed by atoms with E-state index >= 15 is 0 Å². The summed E-state index contributed by atoms with van der Waals surface area (Å²) >= 11 is 0. The molecule has 1 aromatic heterocycles. The second kappa shape index (κ2) is 6.19. The van der Waals surface area contributed by atoms with Gasteiger partial charge in [-0.05, 0) is 45.6 Å². The molecule has 0 amide bonds. The number of rotatable bonds is 5. The van der Waals surface area contributed by atoms with Crippen molar-refractivity contribution in [3.05, 3.63) is 17.0 Å². The van der Waals surface area contributed by atoms with Crippen molar-refractivity contribution in [1.29, 1.82) is 0 Å². The lowest BCUT2D eigenvalue weighted by Gasteiger charge is -2.22. The van der Waals surface area contributed by atoms with Crippen molar-refractivity contribution in [2.45, 2.75) is 52.0 Å². The molecule has 1 unspecified atom stereocenters. The standard InChI is InChI=1S/C14H23N3O2/c1-3-19-13(18)7-8-17-12-6-4-5-11(9-15)14(12)10(2)16-17/h11H,3-9,15H2,1-2H3. The van der Waals surface area contributed by atoms with Crippen LogP contribution in [0.4, 0.5) is 0 Å². The SMILES string of the molecule is CCOC(=O)CCn1nc(C)c2c1CCCC2CN. The van der Waals surface area contributed by atoms with Gasteiger partial charge in [-0.3, -0.25) is 9.48 Å². The molecule has 1 aliphatic rings. The summed E-state index contributed by atoms with van der Waals surface area (Å²) in [6, 6.07) is 0. The first-order valence-corrected chi connectivity index (χ1v) is 7.09. The van der Waals surface area contributed by atoms with Crippen LogP contribution in [0.2, 0.25) is 0 Å². The normalized spacial score (nSPS) is 18.2. The molecule has 0 radical (unpaired) electrons. The van der Waals surface area contributed by atoms with E-state index in [0.717, 1.165) is 25.0 Å². The van der Waals surface area contributed by atoms with Gasteiger partial charge in [0.1, 0.15) is 0 Å². The molecule has 0 saturated heterocycles. The molecule has 2 rings (SSSR count). The Morgan fingerprint density at radius 3 is 3.05 bits per heavy atom. The number of nitrogens with two attached hydrogens (primary N) is 1. The Labute approximate surface area is 114 Å². The van der Waals surface area contributed by atoms with Gasteiger partial charge in [-0.2, -0.15) is 5.10 Å². The number of esters is 1. The maximum absolute atomic E-state index is 11.4. The molecule has 0 bridgehead atoms. The van der Waals surface area contributed by atoms with Gasteiger partial charge in [0.25, 0.3) is 0 Å². The summed E-state index contributed by atoms with van der Waals surface area (Å²) in [6.45, 7) is 5.57. The van der Waals surface area contributed by atoms with Crippen LogP contribution >= 0.6 is 0 Å². The van der Waals surface area contributed by atoms with Crippen LogP contribution in [0.15, 0.2) is 0 Å². The summed E-state index contributed by atoms with van der Waals surface area (Å²) in [4.78, 5) is 11.4. The summed E-state index contributed by atoms with van der Waals surface area (Å²) in [5.41, 5.74) is 9.50. The minimum atomic E-state index is -0.157. The Morgan fingerprint density at radius 2 is 2.37 bits per heavy atom. The highest BCUT2D eigenvalue weighted by Gasteiger charge is 2.26. The molecule has 106 valence electrons. The van der Waals surface area contributed by atoms with E-state index < -0.39 is 0 Å². The first kappa shape index (κ1) is 14.1. The molecule has 0 spiro atoms. The van der Waals surface area contributed by atoms with Crippen LogP contribution in [0.3, 0.4) is 0 Å². The lowest BCUT2D eigenvalue weighted by Crippen LogP contribution is -2.20. The molecule has 0 aromatic carbocycles. The monoisotopic (exact) mass is 265 g/mol. The summed E-state index contributed by atoms with van der Waals surface area (Å²) in [5.74, 6) is 0.274. The molecular formula is C14H23N3O2. The van der Waals surface area contributed by atoms with Crippen LogP contribution in [0.5, 0.6) is 0 Å². The molecular weight excluding hydrogens is 242 g/mol. The average molecular weight is 265 g/mol. The van der Waals surface area contributed by atoms with Crippen molar-refractivity contribution >= 4 is 5.97 Å². The fourth-order valence-electron chi connectivity index (χ4n) is 2.95. The zero-order chi connectivity index (χ0) is 13.8.